The molecule has 0 saturated carbocycles. The molecule has 0 fully saturated rings. The second-order valence-electron chi connectivity index (χ2n) is 4.74. The first-order valence-corrected chi connectivity index (χ1v) is 8.16. The summed E-state index contributed by atoms with van der Waals surface area (Å²) >= 11 is 1.94. The summed E-state index contributed by atoms with van der Waals surface area (Å²) in [6, 6.07) is 0. The zero-order valence-electron chi connectivity index (χ0n) is 11.5. The summed E-state index contributed by atoms with van der Waals surface area (Å²) in [5.41, 5.74) is 3.94. The highest BCUT2D eigenvalue weighted by molar-refractivity contribution is 7.98. The number of nitrogens with zero attached hydrogens (tertiary/aromatic N) is 2. The number of fused-ring (bicyclic) bond motifs is 1. The second kappa shape index (κ2) is 7.10. The van der Waals surface area contributed by atoms with E-state index in [4.69, 9.17) is 9.97 Å². The second-order valence-corrected chi connectivity index (χ2v) is 5.85. The summed E-state index contributed by atoms with van der Waals surface area (Å²) in [7, 11) is 0. The van der Waals surface area contributed by atoms with Gasteiger partial charge in [-0.05, 0) is 18.6 Å². The van der Waals surface area contributed by atoms with Crippen molar-refractivity contribution in [2.45, 2.75) is 51.8 Å². The first-order valence-electron chi connectivity index (χ1n) is 7.01. The number of aryl methyl sites for hydroxylation is 1. The van der Waals surface area contributed by atoms with Crippen molar-refractivity contribution in [3.63, 3.8) is 0 Å². The molecule has 4 heteroatoms. The van der Waals surface area contributed by atoms with Gasteiger partial charge in [0.15, 0.2) is 0 Å². The van der Waals surface area contributed by atoms with E-state index in [2.05, 4.69) is 19.2 Å². The van der Waals surface area contributed by atoms with E-state index in [1.54, 1.807) is 0 Å². The Labute approximate surface area is 114 Å². The number of thioether (sulfide) groups is 1. The molecule has 0 amide bonds. The van der Waals surface area contributed by atoms with Gasteiger partial charge in [-0.15, -0.1) is 0 Å². The van der Waals surface area contributed by atoms with Crippen molar-refractivity contribution < 1.29 is 0 Å². The Morgan fingerprint density at radius 2 is 2.11 bits per heavy atom. The lowest BCUT2D eigenvalue weighted by molar-refractivity contribution is 0.610. The lowest BCUT2D eigenvalue weighted by Gasteiger charge is -2.20. The molecule has 3 nitrogen and oxygen atoms in total. The van der Waals surface area contributed by atoms with Crippen molar-refractivity contribution in [3.8, 4) is 0 Å². The van der Waals surface area contributed by atoms with Crippen molar-refractivity contribution in [3.05, 3.63) is 22.8 Å². The number of nitrogens with one attached hydrogen (secondary N) is 1. The Bertz CT molecular complexity index is 393. The number of aromatic nitrogens is 2. The maximum absolute atomic E-state index is 4.78. The monoisotopic (exact) mass is 265 g/mol. The van der Waals surface area contributed by atoms with E-state index < -0.39 is 0 Å². The Morgan fingerprint density at radius 3 is 2.89 bits per heavy atom. The molecule has 2 heterocycles. The third-order valence-corrected chi connectivity index (χ3v) is 4.29. The van der Waals surface area contributed by atoms with Crippen molar-refractivity contribution in [2.24, 2.45) is 0 Å². The summed E-state index contributed by atoms with van der Waals surface area (Å²) in [5, 5.41) is 3.43. The molecule has 0 atom stereocenters. The van der Waals surface area contributed by atoms with E-state index in [1.807, 2.05) is 11.8 Å². The fraction of sp³-hybridized carbons (Fsp3) is 0.714. The molecular formula is C14H23N3S. The predicted octanol–water partition coefficient (Wildman–Crippen LogP) is 2.72. The Kier molecular flexibility index (Phi) is 5.45. The van der Waals surface area contributed by atoms with Crippen LogP contribution in [0.4, 0.5) is 0 Å². The maximum atomic E-state index is 4.78. The first-order chi connectivity index (χ1) is 8.85. The van der Waals surface area contributed by atoms with Crippen LogP contribution in [-0.4, -0.2) is 22.3 Å². The molecule has 2 rings (SSSR count). The zero-order chi connectivity index (χ0) is 12.8. The van der Waals surface area contributed by atoms with Gasteiger partial charge >= 0.3 is 0 Å². The van der Waals surface area contributed by atoms with Crippen LogP contribution in [0.25, 0.3) is 0 Å². The minimum absolute atomic E-state index is 0.951. The normalized spacial score (nSPS) is 14.6. The largest absolute Gasteiger partial charge is 0.312 e. The van der Waals surface area contributed by atoms with Crippen LogP contribution in [0.2, 0.25) is 0 Å². The van der Waals surface area contributed by atoms with Gasteiger partial charge in [-0.2, -0.15) is 11.8 Å². The topological polar surface area (TPSA) is 37.8 Å². The van der Waals surface area contributed by atoms with Gasteiger partial charge in [0, 0.05) is 30.8 Å². The minimum Gasteiger partial charge on any atom is -0.312 e. The first kappa shape index (κ1) is 13.8. The summed E-state index contributed by atoms with van der Waals surface area (Å²) < 4.78 is 0. The standard InChI is InChI=1S/C14H23N3S/c1-3-5-12-11-9-15-7-6-13(11)17-14(16-12)10-18-8-4-2/h15H,3-10H2,1-2H3. The molecule has 0 unspecified atom stereocenters. The minimum atomic E-state index is 0.951. The summed E-state index contributed by atoms with van der Waals surface area (Å²) in [4.78, 5) is 9.53. The van der Waals surface area contributed by atoms with Gasteiger partial charge in [-0.25, -0.2) is 9.97 Å². The molecule has 0 saturated heterocycles. The molecule has 1 aromatic heterocycles. The van der Waals surface area contributed by atoms with Crippen molar-refractivity contribution >= 4 is 11.8 Å². The van der Waals surface area contributed by atoms with Crippen LogP contribution < -0.4 is 5.32 Å². The van der Waals surface area contributed by atoms with Crippen LogP contribution in [-0.2, 0) is 25.1 Å². The van der Waals surface area contributed by atoms with Crippen molar-refractivity contribution in [2.75, 3.05) is 12.3 Å². The van der Waals surface area contributed by atoms with Gasteiger partial charge in [0.25, 0.3) is 0 Å². The summed E-state index contributed by atoms with van der Waals surface area (Å²) in [6.07, 6.45) is 4.52. The Morgan fingerprint density at radius 1 is 1.22 bits per heavy atom. The molecule has 1 aliphatic heterocycles. The SMILES string of the molecule is CCCSCc1nc(CCC)c2c(n1)CCNC2. The molecule has 18 heavy (non-hydrogen) atoms. The van der Waals surface area contributed by atoms with E-state index in [9.17, 15) is 0 Å². The molecule has 1 N–H and O–H groups in total. The van der Waals surface area contributed by atoms with Gasteiger partial charge in [-0.3, -0.25) is 0 Å². The van der Waals surface area contributed by atoms with E-state index >= 15 is 0 Å². The molecule has 0 aromatic carbocycles. The lowest BCUT2D eigenvalue weighted by atomic mass is 10.0. The molecule has 0 radical (unpaired) electrons. The number of hydrogen-bond acceptors (Lipinski definition) is 4. The van der Waals surface area contributed by atoms with Crippen LogP contribution in [0.1, 0.15) is 49.5 Å². The van der Waals surface area contributed by atoms with Crippen molar-refractivity contribution in [1.29, 1.82) is 0 Å². The van der Waals surface area contributed by atoms with Gasteiger partial charge < -0.3 is 5.32 Å². The van der Waals surface area contributed by atoms with Crippen LogP contribution in [0.15, 0.2) is 0 Å². The maximum Gasteiger partial charge on any atom is 0.138 e. The quantitative estimate of drug-likeness (QED) is 0.803. The predicted molar refractivity (Wildman–Crippen MR) is 77.9 cm³/mol. The molecule has 0 bridgehead atoms. The van der Waals surface area contributed by atoms with E-state index in [-0.39, 0.29) is 0 Å². The number of rotatable bonds is 6. The summed E-state index contributed by atoms with van der Waals surface area (Å²) in [6.45, 7) is 6.44. The Balaban J connectivity index is 2.18. The Hall–Kier alpha value is -0.610. The van der Waals surface area contributed by atoms with Gasteiger partial charge in [0.2, 0.25) is 0 Å². The van der Waals surface area contributed by atoms with Gasteiger partial charge in [0.1, 0.15) is 5.82 Å². The van der Waals surface area contributed by atoms with Crippen LogP contribution in [0.5, 0.6) is 0 Å². The molecular weight excluding hydrogens is 242 g/mol. The highest BCUT2D eigenvalue weighted by Crippen LogP contribution is 2.19. The van der Waals surface area contributed by atoms with Crippen LogP contribution >= 0.6 is 11.8 Å². The van der Waals surface area contributed by atoms with Gasteiger partial charge in [0.05, 0.1) is 11.4 Å². The van der Waals surface area contributed by atoms with Crippen molar-refractivity contribution in [1.82, 2.24) is 15.3 Å². The fourth-order valence-electron chi connectivity index (χ4n) is 2.29. The summed E-state index contributed by atoms with van der Waals surface area (Å²) in [5.74, 6) is 3.20. The average Bonchev–Trinajstić information content (AvgIpc) is 2.39. The fourth-order valence-corrected chi connectivity index (χ4v) is 3.03. The lowest BCUT2D eigenvalue weighted by Crippen LogP contribution is -2.27. The average molecular weight is 265 g/mol. The highest BCUT2D eigenvalue weighted by atomic mass is 32.2. The molecule has 0 spiro atoms. The highest BCUT2D eigenvalue weighted by Gasteiger charge is 2.16. The molecule has 1 aromatic rings. The third kappa shape index (κ3) is 3.45. The van der Waals surface area contributed by atoms with Crippen LogP contribution in [0, 0.1) is 0 Å². The molecule has 0 aliphatic carbocycles. The van der Waals surface area contributed by atoms with E-state index in [0.29, 0.717) is 0 Å². The zero-order valence-corrected chi connectivity index (χ0v) is 12.3. The van der Waals surface area contributed by atoms with Crippen LogP contribution in [0.3, 0.4) is 0 Å². The molecule has 1 aliphatic rings. The van der Waals surface area contributed by atoms with E-state index in [0.717, 1.165) is 43.9 Å². The molecule has 100 valence electrons. The smallest absolute Gasteiger partial charge is 0.138 e. The number of hydrogen-bond donors (Lipinski definition) is 1. The van der Waals surface area contributed by atoms with E-state index in [1.165, 1.54) is 29.1 Å². The third-order valence-electron chi connectivity index (χ3n) is 3.13. The van der Waals surface area contributed by atoms with Gasteiger partial charge in [-0.1, -0.05) is 20.3 Å².